The summed E-state index contributed by atoms with van der Waals surface area (Å²) in [6, 6.07) is 5.69. The fourth-order valence-electron chi connectivity index (χ4n) is 1.75. The van der Waals surface area contributed by atoms with Gasteiger partial charge in [-0.3, -0.25) is 14.5 Å². The summed E-state index contributed by atoms with van der Waals surface area (Å²) in [6.07, 6.45) is 2.36. The van der Waals surface area contributed by atoms with Crippen LogP contribution in [-0.2, 0) is 9.59 Å². The third-order valence-corrected chi connectivity index (χ3v) is 4.27. The highest BCUT2D eigenvalue weighted by Crippen LogP contribution is 2.33. The van der Waals surface area contributed by atoms with E-state index in [0.29, 0.717) is 10.5 Å². The number of thiocarbonyl (C=S) groups is 1. The van der Waals surface area contributed by atoms with E-state index >= 15 is 0 Å². The van der Waals surface area contributed by atoms with Crippen LogP contribution in [0.5, 0.6) is 0 Å². The fourth-order valence-corrected chi connectivity index (χ4v) is 3.16. The number of hydrogen-bond acceptors (Lipinski definition) is 5. The van der Waals surface area contributed by atoms with Crippen molar-refractivity contribution in [3.05, 3.63) is 40.3 Å². The van der Waals surface area contributed by atoms with Crippen LogP contribution in [0.3, 0.4) is 0 Å². The highest BCUT2D eigenvalue weighted by Gasteiger charge is 2.38. The Kier molecular flexibility index (Phi) is 4.54. The normalized spacial score (nSPS) is 18.1. The Labute approximate surface area is 130 Å². The summed E-state index contributed by atoms with van der Waals surface area (Å²) in [5, 5.41) is 9.00. The smallest absolute Gasteiger partial charge is 0.326 e. The Hall–Kier alpha value is -1.99. The molecule has 0 radical (unpaired) electrons. The number of benzene rings is 1. The molecule has 1 amide bonds. The van der Waals surface area contributed by atoms with Crippen LogP contribution in [0.1, 0.15) is 22.8 Å². The quantitative estimate of drug-likeness (QED) is 0.520. The lowest BCUT2D eigenvalue weighted by Crippen LogP contribution is -2.41. The molecule has 0 aromatic heterocycles. The molecule has 108 valence electrons. The molecule has 0 spiro atoms. The average Bonchev–Trinajstić information content (AvgIpc) is 2.73. The van der Waals surface area contributed by atoms with Crippen molar-refractivity contribution < 1.29 is 19.5 Å². The van der Waals surface area contributed by atoms with Crippen molar-refractivity contribution >= 4 is 52.5 Å². The Morgan fingerprint density at radius 1 is 1.33 bits per heavy atom. The fraction of sp³-hybridized carbons (Fsp3) is 0.143. The summed E-state index contributed by atoms with van der Waals surface area (Å²) in [5.41, 5.74) is 1.28. The lowest BCUT2D eigenvalue weighted by Gasteiger charge is -2.18. The molecule has 1 aliphatic heterocycles. The number of carboxylic acids is 1. The first-order chi connectivity index (χ1) is 9.93. The number of carbonyl (C=O) groups excluding carboxylic acids is 2. The number of aliphatic carboxylic acids is 1. The SMILES string of the molecule is CC(C(=O)O)N1C(=O)/C(=C\c2ccc(C=O)cc2)SC1=S. The molecule has 1 fully saturated rings. The molecule has 0 bridgehead atoms. The number of carboxylic acid groups (broad SMARTS) is 1. The van der Waals surface area contributed by atoms with Crippen LogP contribution in [0.25, 0.3) is 6.08 Å². The lowest BCUT2D eigenvalue weighted by molar-refractivity contribution is -0.144. The topological polar surface area (TPSA) is 74.7 Å². The van der Waals surface area contributed by atoms with Crippen LogP contribution >= 0.6 is 24.0 Å². The predicted molar refractivity (Wildman–Crippen MR) is 83.9 cm³/mol. The number of rotatable bonds is 4. The zero-order valence-electron chi connectivity index (χ0n) is 11.0. The molecule has 1 N–H and O–H groups in total. The van der Waals surface area contributed by atoms with E-state index in [1.807, 2.05) is 0 Å². The van der Waals surface area contributed by atoms with Gasteiger partial charge in [-0.25, -0.2) is 4.79 Å². The molecule has 21 heavy (non-hydrogen) atoms. The number of amides is 1. The van der Waals surface area contributed by atoms with Gasteiger partial charge in [0.1, 0.15) is 16.6 Å². The van der Waals surface area contributed by atoms with Crippen molar-refractivity contribution in [1.29, 1.82) is 0 Å². The van der Waals surface area contributed by atoms with E-state index in [4.69, 9.17) is 17.3 Å². The van der Waals surface area contributed by atoms with Gasteiger partial charge < -0.3 is 5.11 Å². The molecule has 7 heteroatoms. The molecular formula is C14H11NO4S2. The zero-order chi connectivity index (χ0) is 15.6. The number of carbonyl (C=O) groups is 3. The standard InChI is InChI=1S/C14H11NO4S2/c1-8(13(18)19)15-12(17)11(21-14(15)20)6-9-2-4-10(7-16)5-3-9/h2-8H,1H3,(H,18,19)/b11-6+. The highest BCUT2D eigenvalue weighted by molar-refractivity contribution is 8.26. The van der Waals surface area contributed by atoms with E-state index < -0.39 is 17.9 Å². The van der Waals surface area contributed by atoms with Crippen LogP contribution in [0.15, 0.2) is 29.2 Å². The van der Waals surface area contributed by atoms with Gasteiger partial charge in [0.25, 0.3) is 5.91 Å². The largest absolute Gasteiger partial charge is 0.480 e. The molecule has 2 rings (SSSR count). The van der Waals surface area contributed by atoms with Crippen molar-refractivity contribution in [2.75, 3.05) is 0 Å². The minimum Gasteiger partial charge on any atom is -0.480 e. The summed E-state index contributed by atoms with van der Waals surface area (Å²) in [4.78, 5) is 35.3. The second-order valence-corrected chi connectivity index (χ2v) is 6.03. The van der Waals surface area contributed by atoms with Crippen molar-refractivity contribution in [3.8, 4) is 0 Å². The molecule has 1 aromatic carbocycles. The van der Waals surface area contributed by atoms with Crippen LogP contribution in [0.2, 0.25) is 0 Å². The third kappa shape index (κ3) is 3.20. The van der Waals surface area contributed by atoms with Gasteiger partial charge in [-0.2, -0.15) is 0 Å². The first-order valence-corrected chi connectivity index (χ1v) is 7.21. The summed E-state index contributed by atoms with van der Waals surface area (Å²) in [5.74, 6) is -1.53. The van der Waals surface area contributed by atoms with Crippen molar-refractivity contribution in [1.82, 2.24) is 4.90 Å². The number of aldehydes is 1. The van der Waals surface area contributed by atoms with Crippen LogP contribution < -0.4 is 0 Å². The second kappa shape index (κ2) is 6.19. The number of hydrogen-bond donors (Lipinski definition) is 1. The number of nitrogens with zero attached hydrogens (tertiary/aromatic N) is 1. The van der Waals surface area contributed by atoms with Crippen molar-refractivity contribution in [2.24, 2.45) is 0 Å². The molecule has 1 aromatic rings. The van der Waals surface area contributed by atoms with Crippen molar-refractivity contribution in [2.45, 2.75) is 13.0 Å². The van der Waals surface area contributed by atoms with E-state index in [1.165, 1.54) is 6.92 Å². The predicted octanol–water partition coefficient (Wildman–Crippen LogP) is 2.17. The monoisotopic (exact) mass is 321 g/mol. The van der Waals surface area contributed by atoms with Crippen LogP contribution in [-0.4, -0.2) is 38.5 Å². The summed E-state index contributed by atoms with van der Waals surface area (Å²) in [7, 11) is 0. The Bertz CT molecular complexity index is 651. The van der Waals surface area contributed by atoms with Gasteiger partial charge in [-0.05, 0) is 18.6 Å². The Morgan fingerprint density at radius 2 is 1.90 bits per heavy atom. The molecular weight excluding hydrogens is 310 g/mol. The van der Waals surface area contributed by atoms with Gasteiger partial charge in [0, 0.05) is 5.56 Å². The minimum atomic E-state index is -1.11. The Balaban J connectivity index is 2.27. The van der Waals surface area contributed by atoms with E-state index in [1.54, 1.807) is 30.3 Å². The molecule has 0 aliphatic carbocycles. The third-order valence-electron chi connectivity index (χ3n) is 2.94. The number of thioether (sulfide) groups is 1. The van der Waals surface area contributed by atoms with Crippen LogP contribution in [0.4, 0.5) is 0 Å². The molecule has 1 saturated heterocycles. The van der Waals surface area contributed by atoms with Gasteiger partial charge in [0.15, 0.2) is 0 Å². The molecule has 1 atom stereocenters. The first kappa shape index (κ1) is 15.4. The maximum Gasteiger partial charge on any atom is 0.326 e. The highest BCUT2D eigenvalue weighted by atomic mass is 32.2. The molecule has 1 aliphatic rings. The van der Waals surface area contributed by atoms with E-state index in [-0.39, 0.29) is 4.32 Å². The summed E-state index contributed by atoms with van der Waals surface area (Å²) in [6.45, 7) is 1.41. The molecule has 1 unspecified atom stereocenters. The van der Waals surface area contributed by atoms with E-state index in [2.05, 4.69) is 0 Å². The second-order valence-electron chi connectivity index (χ2n) is 4.35. The maximum absolute atomic E-state index is 12.2. The zero-order valence-corrected chi connectivity index (χ0v) is 12.6. The minimum absolute atomic E-state index is 0.227. The molecule has 5 nitrogen and oxygen atoms in total. The molecule has 1 heterocycles. The maximum atomic E-state index is 12.2. The Morgan fingerprint density at radius 3 is 2.43 bits per heavy atom. The van der Waals surface area contributed by atoms with Gasteiger partial charge in [0.2, 0.25) is 0 Å². The van der Waals surface area contributed by atoms with Crippen LogP contribution in [0, 0.1) is 0 Å². The van der Waals surface area contributed by atoms with Gasteiger partial charge in [-0.1, -0.05) is 48.2 Å². The first-order valence-electron chi connectivity index (χ1n) is 5.99. The molecule has 0 saturated carbocycles. The van der Waals surface area contributed by atoms with Gasteiger partial charge in [0.05, 0.1) is 4.91 Å². The van der Waals surface area contributed by atoms with Crippen molar-refractivity contribution in [3.63, 3.8) is 0 Å². The lowest BCUT2D eigenvalue weighted by atomic mass is 10.1. The van der Waals surface area contributed by atoms with Gasteiger partial charge in [-0.15, -0.1) is 0 Å². The summed E-state index contributed by atoms with van der Waals surface area (Å²) >= 11 is 6.13. The summed E-state index contributed by atoms with van der Waals surface area (Å²) < 4.78 is 0.227. The van der Waals surface area contributed by atoms with Gasteiger partial charge >= 0.3 is 5.97 Å². The van der Waals surface area contributed by atoms with E-state index in [0.717, 1.165) is 28.5 Å². The van der Waals surface area contributed by atoms with E-state index in [9.17, 15) is 14.4 Å². The average molecular weight is 321 g/mol.